The van der Waals surface area contributed by atoms with E-state index in [1.165, 1.54) is 35.6 Å². The first-order valence-electron chi connectivity index (χ1n) is 11.7. The summed E-state index contributed by atoms with van der Waals surface area (Å²) in [5, 5.41) is 5.52. The lowest BCUT2D eigenvalue weighted by Gasteiger charge is -2.16. The number of ether oxygens (including phenoxy) is 1. The molecule has 0 spiro atoms. The van der Waals surface area contributed by atoms with Gasteiger partial charge in [-0.25, -0.2) is 4.98 Å². The Hall–Kier alpha value is -4.33. The third-order valence-corrected chi connectivity index (χ3v) is 6.97. The van der Waals surface area contributed by atoms with Crippen molar-refractivity contribution in [3.8, 4) is 11.5 Å². The Bertz CT molecular complexity index is 1630. The number of benzene rings is 3. The molecule has 1 aliphatic carbocycles. The predicted molar refractivity (Wildman–Crippen MR) is 136 cm³/mol. The first-order valence-corrected chi connectivity index (χ1v) is 12.5. The standard InChI is InChI=1S/C26H18F6N4O3S/c27-25(28,29)16-7-6-13(10-17(16)26(30,31)32)23(38)34-14-2-1-3-15(11-14)39-19-9-8-18-21(20(19)33)40-24(35-18)36-22(37)12-4-5-12/h1-3,6-12H,4-5,33H2,(H,34,38)(H,35,36,37). The maximum Gasteiger partial charge on any atom is 0.417 e. The first-order chi connectivity index (χ1) is 18.8. The summed E-state index contributed by atoms with van der Waals surface area (Å²) in [7, 11) is 0. The maximum absolute atomic E-state index is 13.3. The number of nitrogens with zero attached hydrogens (tertiary/aromatic N) is 1. The molecular weight excluding hydrogens is 562 g/mol. The van der Waals surface area contributed by atoms with Gasteiger partial charge in [0.25, 0.3) is 5.91 Å². The maximum atomic E-state index is 13.3. The Balaban J connectivity index is 1.33. The van der Waals surface area contributed by atoms with E-state index < -0.39 is 35.0 Å². The van der Waals surface area contributed by atoms with Crippen molar-refractivity contribution in [3.05, 3.63) is 71.3 Å². The molecule has 208 valence electrons. The number of nitrogens with one attached hydrogen (secondary N) is 2. The molecule has 4 N–H and O–H groups in total. The second kappa shape index (κ2) is 10.0. The molecule has 5 rings (SSSR count). The first kappa shape index (κ1) is 27.2. The molecule has 0 saturated heterocycles. The van der Waals surface area contributed by atoms with E-state index >= 15 is 0 Å². The molecule has 0 bridgehead atoms. The van der Waals surface area contributed by atoms with E-state index in [9.17, 15) is 35.9 Å². The van der Waals surface area contributed by atoms with E-state index in [-0.39, 0.29) is 46.8 Å². The van der Waals surface area contributed by atoms with Crippen molar-refractivity contribution in [2.24, 2.45) is 5.92 Å². The van der Waals surface area contributed by atoms with Gasteiger partial charge in [-0.05, 0) is 55.3 Å². The number of rotatable bonds is 6. The van der Waals surface area contributed by atoms with E-state index in [0.29, 0.717) is 21.4 Å². The second-order valence-corrected chi connectivity index (χ2v) is 9.95. The predicted octanol–water partition coefficient (Wildman–Crippen LogP) is 7.31. The summed E-state index contributed by atoms with van der Waals surface area (Å²) in [6.45, 7) is 0. The molecule has 7 nitrogen and oxygen atoms in total. The van der Waals surface area contributed by atoms with Crippen LogP contribution in [0.1, 0.15) is 34.3 Å². The molecule has 0 atom stereocenters. The summed E-state index contributed by atoms with van der Waals surface area (Å²) < 4.78 is 85.3. The minimum Gasteiger partial charge on any atom is -0.455 e. The molecule has 2 amide bonds. The average Bonchev–Trinajstić information content (AvgIpc) is 3.65. The summed E-state index contributed by atoms with van der Waals surface area (Å²) in [5.41, 5.74) is 2.71. The molecule has 14 heteroatoms. The topological polar surface area (TPSA) is 106 Å². The minimum atomic E-state index is -5.32. The summed E-state index contributed by atoms with van der Waals surface area (Å²) in [5.74, 6) is -0.695. The van der Waals surface area contributed by atoms with Crippen molar-refractivity contribution in [2.75, 3.05) is 16.4 Å². The van der Waals surface area contributed by atoms with E-state index in [1.54, 1.807) is 12.1 Å². The number of thiazole rings is 1. The number of hydrogen-bond donors (Lipinski definition) is 3. The normalized spacial score (nSPS) is 13.8. The second-order valence-electron chi connectivity index (χ2n) is 8.95. The molecule has 0 unspecified atom stereocenters. The fourth-order valence-corrected chi connectivity index (χ4v) is 4.74. The molecular formula is C26H18F6N4O3S. The van der Waals surface area contributed by atoms with Crippen molar-refractivity contribution in [1.29, 1.82) is 0 Å². The van der Waals surface area contributed by atoms with Gasteiger partial charge in [-0.1, -0.05) is 17.4 Å². The summed E-state index contributed by atoms with van der Waals surface area (Å²) in [6, 6.07) is 10.1. The van der Waals surface area contributed by atoms with Gasteiger partial charge in [-0.15, -0.1) is 0 Å². The smallest absolute Gasteiger partial charge is 0.417 e. The third-order valence-electron chi connectivity index (χ3n) is 5.95. The van der Waals surface area contributed by atoms with Crippen LogP contribution >= 0.6 is 11.3 Å². The summed E-state index contributed by atoms with van der Waals surface area (Å²) >= 11 is 1.18. The Morgan fingerprint density at radius 1 is 0.925 bits per heavy atom. The van der Waals surface area contributed by atoms with Gasteiger partial charge >= 0.3 is 12.4 Å². The van der Waals surface area contributed by atoms with Crippen molar-refractivity contribution in [3.63, 3.8) is 0 Å². The highest BCUT2D eigenvalue weighted by atomic mass is 32.1. The zero-order chi connectivity index (χ0) is 28.8. The van der Waals surface area contributed by atoms with Crippen molar-refractivity contribution in [1.82, 2.24) is 4.98 Å². The average molecular weight is 581 g/mol. The van der Waals surface area contributed by atoms with Gasteiger partial charge in [0.1, 0.15) is 5.75 Å². The number of hydrogen-bond acceptors (Lipinski definition) is 6. The molecule has 1 aliphatic rings. The van der Waals surface area contributed by atoms with E-state index in [4.69, 9.17) is 10.5 Å². The lowest BCUT2D eigenvalue weighted by atomic mass is 10.0. The van der Waals surface area contributed by atoms with E-state index in [0.717, 1.165) is 12.8 Å². The molecule has 1 saturated carbocycles. The van der Waals surface area contributed by atoms with Crippen LogP contribution in [0.15, 0.2) is 54.6 Å². The highest BCUT2D eigenvalue weighted by Crippen LogP contribution is 2.41. The molecule has 1 heterocycles. The van der Waals surface area contributed by atoms with Gasteiger partial charge in [-0.2, -0.15) is 26.3 Å². The van der Waals surface area contributed by atoms with Crippen molar-refractivity contribution in [2.45, 2.75) is 25.2 Å². The number of anilines is 3. The Kier molecular flexibility index (Phi) is 6.82. The number of carbonyl (C=O) groups is 2. The fraction of sp³-hybridized carbons (Fsp3) is 0.192. The SMILES string of the molecule is Nc1c(Oc2cccc(NC(=O)c3ccc(C(F)(F)F)c(C(F)(F)F)c3)c2)ccc2nc(NC(=O)C3CC3)sc12. The lowest BCUT2D eigenvalue weighted by molar-refractivity contribution is -0.162. The van der Waals surface area contributed by atoms with Gasteiger partial charge in [0.05, 0.1) is 27.0 Å². The minimum absolute atomic E-state index is 0.00182. The zero-order valence-electron chi connectivity index (χ0n) is 20.1. The third kappa shape index (κ3) is 5.81. The van der Waals surface area contributed by atoms with Gasteiger partial charge < -0.3 is 21.1 Å². The van der Waals surface area contributed by atoms with Crippen LogP contribution in [0.3, 0.4) is 0 Å². The van der Waals surface area contributed by atoms with Crippen molar-refractivity contribution < 1.29 is 40.7 Å². The van der Waals surface area contributed by atoms with Crippen LogP contribution in [0, 0.1) is 5.92 Å². The highest BCUT2D eigenvalue weighted by molar-refractivity contribution is 7.23. The van der Waals surface area contributed by atoms with Gasteiger partial charge in [0.2, 0.25) is 5.91 Å². The van der Waals surface area contributed by atoms with E-state index in [1.807, 2.05) is 0 Å². The molecule has 40 heavy (non-hydrogen) atoms. The number of nitrogen functional groups attached to an aromatic ring is 1. The van der Waals surface area contributed by atoms with E-state index in [2.05, 4.69) is 15.6 Å². The molecule has 4 aromatic rings. The summed E-state index contributed by atoms with van der Waals surface area (Å²) in [4.78, 5) is 29.0. The highest BCUT2D eigenvalue weighted by Gasteiger charge is 2.43. The number of nitrogens with two attached hydrogens (primary N) is 1. The van der Waals surface area contributed by atoms with Crippen LogP contribution in [0.25, 0.3) is 10.2 Å². The lowest BCUT2D eigenvalue weighted by Crippen LogP contribution is -2.19. The van der Waals surface area contributed by atoms with Gasteiger partial charge in [0.15, 0.2) is 10.9 Å². The number of amides is 2. The molecule has 1 fully saturated rings. The fourth-order valence-electron chi connectivity index (χ4n) is 3.82. The summed E-state index contributed by atoms with van der Waals surface area (Å²) in [6.07, 6.45) is -8.89. The zero-order valence-corrected chi connectivity index (χ0v) is 20.9. The Morgan fingerprint density at radius 2 is 1.65 bits per heavy atom. The van der Waals surface area contributed by atoms with Crippen LogP contribution in [-0.4, -0.2) is 16.8 Å². The molecule has 1 aromatic heterocycles. The number of carbonyl (C=O) groups excluding carboxylic acids is 2. The van der Waals surface area contributed by atoms with Crippen LogP contribution in [0.5, 0.6) is 11.5 Å². The van der Waals surface area contributed by atoms with Gasteiger partial charge in [-0.3, -0.25) is 9.59 Å². The quantitative estimate of drug-likeness (QED) is 0.164. The van der Waals surface area contributed by atoms with Crippen LogP contribution in [0.2, 0.25) is 0 Å². The number of halogens is 6. The molecule has 0 radical (unpaired) electrons. The van der Waals surface area contributed by atoms with Gasteiger partial charge in [0, 0.05) is 23.2 Å². The molecule has 3 aromatic carbocycles. The largest absolute Gasteiger partial charge is 0.455 e. The number of alkyl halides is 6. The molecule has 0 aliphatic heterocycles. The van der Waals surface area contributed by atoms with Crippen LogP contribution < -0.4 is 21.1 Å². The van der Waals surface area contributed by atoms with Crippen LogP contribution in [0.4, 0.5) is 42.8 Å². The Labute approximate surface area is 226 Å². The van der Waals surface area contributed by atoms with Crippen LogP contribution in [-0.2, 0) is 17.1 Å². The number of fused-ring (bicyclic) bond motifs is 1. The Morgan fingerprint density at radius 3 is 2.33 bits per heavy atom. The number of aromatic nitrogens is 1. The monoisotopic (exact) mass is 580 g/mol. The van der Waals surface area contributed by atoms with Crippen molar-refractivity contribution >= 4 is 49.9 Å².